The van der Waals surface area contributed by atoms with Crippen molar-refractivity contribution in [1.29, 1.82) is 5.26 Å². The Morgan fingerprint density at radius 1 is 1.45 bits per heavy atom. The summed E-state index contributed by atoms with van der Waals surface area (Å²) in [6.07, 6.45) is 4.96. The minimum absolute atomic E-state index is 0.0270. The summed E-state index contributed by atoms with van der Waals surface area (Å²) in [5.41, 5.74) is 0.312. The molecule has 2 aromatic rings. The van der Waals surface area contributed by atoms with Crippen molar-refractivity contribution in [3.63, 3.8) is 0 Å². The molecule has 2 rings (SSSR count). The summed E-state index contributed by atoms with van der Waals surface area (Å²) in [4.78, 5) is 3.82. The van der Waals surface area contributed by atoms with Gasteiger partial charge in [-0.1, -0.05) is 11.6 Å². The normalized spacial score (nSPS) is 11.2. The number of hydrogen-bond donors (Lipinski definition) is 1. The molecule has 6 nitrogen and oxygen atoms in total. The predicted octanol–water partition coefficient (Wildman–Crippen LogP) is 1.39. The summed E-state index contributed by atoms with van der Waals surface area (Å²) < 4.78 is 28.4. The zero-order chi connectivity index (χ0) is 14.6. The van der Waals surface area contributed by atoms with E-state index in [1.807, 2.05) is 6.07 Å². The number of rotatable bonds is 5. The van der Waals surface area contributed by atoms with Crippen molar-refractivity contribution >= 4 is 21.6 Å². The molecule has 0 amide bonds. The maximum atomic E-state index is 12.1. The number of aromatic nitrogens is 2. The Balaban J connectivity index is 2.08. The topological polar surface area (TPSA) is 87.8 Å². The Morgan fingerprint density at radius 3 is 2.85 bits per heavy atom. The van der Waals surface area contributed by atoms with Gasteiger partial charge in [0.15, 0.2) is 0 Å². The minimum atomic E-state index is -3.69. The Morgan fingerprint density at radius 2 is 2.25 bits per heavy atom. The van der Waals surface area contributed by atoms with Crippen molar-refractivity contribution in [1.82, 2.24) is 14.3 Å². The lowest BCUT2D eigenvalue weighted by Crippen LogP contribution is -2.27. The molecule has 0 atom stereocenters. The van der Waals surface area contributed by atoms with Crippen molar-refractivity contribution in [3.8, 4) is 6.07 Å². The Hall–Kier alpha value is -1.88. The molecule has 0 aliphatic carbocycles. The highest BCUT2D eigenvalue weighted by Crippen LogP contribution is 2.22. The van der Waals surface area contributed by atoms with Gasteiger partial charge < -0.3 is 4.57 Å². The van der Waals surface area contributed by atoms with Gasteiger partial charge in [-0.15, -0.1) is 0 Å². The van der Waals surface area contributed by atoms with E-state index < -0.39 is 10.0 Å². The van der Waals surface area contributed by atoms with Crippen LogP contribution in [0.3, 0.4) is 0 Å². The number of benzene rings is 1. The molecule has 0 saturated carbocycles. The number of nitrogens with zero attached hydrogens (tertiary/aromatic N) is 3. The first kappa shape index (κ1) is 14.5. The van der Waals surface area contributed by atoms with Crippen LogP contribution in [0.15, 0.2) is 41.8 Å². The Labute approximate surface area is 121 Å². The van der Waals surface area contributed by atoms with Gasteiger partial charge in [0, 0.05) is 25.5 Å². The van der Waals surface area contributed by atoms with Crippen LogP contribution in [0.4, 0.5) is 0 Å². The Bertz CT molecular complexity index is 735. The van der Waals surface area contributed by atoms with E-state index in [1.54, 1.807) is 23.3 Å². The van der Waals surface area contributed by atoms with Gasteiger partial charge in [-0.25, -0.2) is 18.1 Å². The molecule has 0 fully saturated rings. The van der Waals surface area contributed by atoms with E-state index in [0.29, 0.717) is 12.1 Å². The fourth-order valence-electron chi connectivity index (χ4n) is 1.59. The van der Waals surface area contributed by atoms with Gasteiger partial charge in [-0.3, -0.25) is 0 Å². The second-order valence-electron chi connectivity index (χ2n) is 3.96. The molecular formula is C12H11ClN4O2S. The molecule has 0 bridgehead atoms. The van der Waals surface area contributed by atoms with Gasteiger partial charge in [0.05, 0.1) is 23.0 Å². The summed E-state index contributed by atoms with van der Waals surface area (Å²) in [7, 11) is -3.69. The van der Waals surface area contributed by atoms with Gasteiger partial charge in [-0.05, 0) is 18.2 Å². The van der Waals surface area contributed by atoms with Crippen LogP contribution < -0.4 is 4.72 Å². The molecular weight excluding hydrogens is 300 g/mol. The molecule has 1 aromatic carbocycles. The van der Waals surface area contributed by atoms with Crippen LogP contribution in [0, 0.1) is 11.3 Å². The summed E-state index contributed by atoms with van der Waals surface area (Å²) >= 11 is 5.89. The maximum absolute atomic E-state index is 12.1. The van der Waals surface area contributed by atoms with Crippen LogP contribution in [-0.2, 0) is 16.6 Å². The Kier molecular flexibility index (Phi) is 4.39. The molecule has 0 unspecified atom stereocenters. The lowest BCUT2D eigenvalue weighted by molar-refractivity contribution is 0.573. The minimum Gasteiger partial charge on any atom is -0.336 e. The fourth-order valence-corrected chi connectivity index (χ4v) is 3.16. The molecule has 20 heavy (non-hydrogen) atoms. The SMILES string of the molecule is N#Cc1ccc(S(=O)(=O)NCCn2ccnc2)c(Cl)c1. The second kappa shape index (κ2) is 6.05. The lowest BCUT2D eigenvalue weighted by atomic mass is 10.2. The van der Waals surface area contributed by atoms with Crippen molar-refractivity contribution < 1.29 is 8.42 Å². The number of hydrogen-bond acceptors (Lipinski definition) is 4. The molecule has 1 N–H and O–H groups in total. The number of nitrogens with one attached hydrogen (secondary N) is 1. The first-order valence-electron chi connectivity index (χ1n) is 5.68. The zero-order valence-corrected chi connectivity index (χ0v) is 11.9. The number of sulfonamides is 1. The highest BCUT2D eigenvalue weighted by molar-refractivity contribution is 7.89. The van der Waals surface area contributed by atoms with E-state index in [1.165, 1.54) is 18.2 Å². The summed E-state index contributed by atoms with van der Waals surface area (Å²) in [6.45, 7) is 0.683. The van der Waals surface area contributed by atoms with Crippen LogP contribution in [0.5, 0.6) is 0 Å². The number of imidazole rings is 1. The van der Waals surface area contributed by atoms with E-state index in [2.05, 4.69) is 9.71 Å². The van der Waals surface area contributed by atoms with Crippen LogP contribution in [-0.4, -0.2) is 24.5 Å². The third-order valence-corrected chi connectivity index (χ3v) is 4.52. The van der Waals surface area contributed by atoms with Gasteiger partial charge >= 0.3 is 0 Å². The molecule has 8 heteroatoms. The van der Waals surface area contributed by atoms with E-state index in [9.17, 15) is 8.42 Å². The smallest absolute Gasteiger partial charge is 0.242 e. The van der Waals surface area contributed by atoms with E-state index in [4.69, 9.17) is 16.9 Å². The highest BCUT2D eigenvalue weighted by atomic mass is 35.5. The molecule has 1 aromatic heterocycles. The monoisotopic (exact) mass is 310 g/mol. The summed E-state index contributed by atoms with van der Waals surface area (Å²) in [5, 5.41) is 8.75. The van der Waals surface area contributed by atoms with Gasteiger partial charge in [0.1, 0.15) is 4.90 Å². The highest BCUT2D eigenvalue weighted by Gasteiger charge is 2.17. The first-order valence-corrected chi connectivity index (χ1v) is 7.54. The lowest BCUT2D eigenvalue weighted by Gasteiger charge is -2.08. The molecule has 0 aliphatic rings. The van der Waals surface area contributed by atoms with Crippen LogP contribution in [0.2, 0.25) is 5.02 Å². The largest absolute Gasteiger partial charge is 0.336 e. The van der Waals surface area contributed by atoms with Gasteiger partial charge in [0.2, 0.25) is 10.0 Å². The quantitative estimate of drug-likeness (QED) is 0.904. The standard InChI is InChI=1S/C12H11ClN4O2S/c13-11-7-10(8-14)1-2-12(11)20(18,19)16-4-6-17-5-3-15-9-17/h1-3,5,7,9,16H,4,6H2. The van der Waals surface area contributed by atoms with Crippen LogP contribution in [0.25, 0.3) is 0 Å². The fraction of sp³-hybridized carbons (Fsp3) is 0.167. The second-order valence-corrected chi connectivity index (χ2v) is 6.10. The zero-order valence-electron chi connectivity index (χ0n) is 10.3. The van der Waals surface area contributed by atoms with Crippen molar-refractivity contribution in [2.24, 2.45) is 0 Å². The summed E-state index contributed by atoms with van der Waals surface area (Å²) in [5.74, 6) is 0. The molecule has 104 valence electrons. The maximum Gasteiger partial charge on any atom is 0.242 e. The summed E-state index contributed by atoms with van der Waals surface area (Å²) in [6, 6.07) is 5.96. The molecule has 0 spiro atoms. The first-order chi connectivity index (χ1) is 9.53. The average Bonchev–Trinajstić information content (AvgIpc) is 2.91. The van der Waals surface area contributed by atoms with Crippen molar-refractivity contribution in [2.75, 3.05) is 6.54 Å². The average molecular weight is 311 g/mol. The molecule has 0 radical (unpaired) electrons. The molecule has 1 heterocycles. The van der Waals surface area contributed by atoms with Crippen LogP contribution in [0.1, 0.15) is 5.56 Å². The predicted molar refractivity (Wildman–Crippen MR) is 73.6 cm³/mol. The van der Waals surface area contributed by atoms with Crippen molar-refractivity contribution in [3.05, 3.63) is 47.5 Å². The molecule has 0 aliphatic heterocycles. The van der Waals surface area contributed by atoms with Crippen LogP contribution >= 0.6 is 11.6 Å². The number of nitriles is 1. The third kappa shape index (κ3) is 3.36. The van der Waals surface area contributed by atoms with Crippen molar-refractivity contribution in [2.45, 2.75) is 11.4 Å². The van der Waals surface area contributed by atoms with E-state index in [-0.39, 0.29) is 16.5 Å². The van der Waals surface area contributed by atoms with E-state index in [0.717, 1.165) is 0 Å². The molecule has 0 saturated heterocycles. The number of halogens is 1. The van der Waals surface area contributed by atoms with Gasteiger partial charge in [0.25, 0.3) is 0 Å². The third-order valence-electron chi connectivity index (χ3n) is 2.57. The van der Waals surface area contributed by atoms with E-state index >= 15 is 0 Å². The van der Waals surface area contributed by atoms with Gasteiger partial charge in [-0.2, -0.15) is 5.26 Å².